The van der Waals surface area contributed by atoms with Gasteiger partial charge in [-0.1, -0.05) is 0 Å². The van der Waals surface area contributed by atoms with Crippen LogP contribution in [0.4, 0.5) is 5.69 Å². The maximum atomic E-state index is 10.8. The van der Waals surface area contributed by atoms with Crippen molar-refractivity contribution < 1.29 is 24.4 Å². The van der Waals surface area contributed by atoms with Crippen molar-refractivity contribution in [1.29, 1.82) is 0 Å². The lowest BCUT2D eigenvalue weighted by Crippen LogP contribution is -2.53. The van der Waals surface area contributed by atoms with Crippen molar-refractivity contribution in [1.82, 2.24) is 4.98 Å². The quantitative estimate of drug-likeness (QED) is 0.439. The lowest BCUT2D eigenvalue weighted by molar-refractivity contribution is -0.385. The Morgan fingerprint density at radius 3 is 2.38 bits per heavy atom. The number of hydrogen-bond donors (Lipinski definition) is 2. The van der Waals surface area contributed by atoms with Gasteiger partial charge in [-0.05, 0) is 27.7 Å². The highest BCUT2D eigenvalue weighted by molar-refractivity contribution is 6.61. The van der Waals surface area contributed by atoms with Gasteiger partial charge < -0.3 is 19.5 Å². The number of hydrogen-bond acceptors (Lipinski definition) is 7. The molecule has 1 aromatic heterocycles. The van der Waals surface area contributed by atoms with Crippen molar-refractivity contribution in [2.75, 3.05) is 7.11 Å². The summed E-state index contributed by atoms with van der Waals surface area (Å²) in [7, 11) is -0.209. The maximum Gasteiger partial charge on any atom is 0.497 e. The Morgan fingerprint density at radius 2 is 1.95 bits per heavy atom. The molecular formula is C12H19BN2O6. The normalized spacial score (nSPS) is 12.1. The van der Waals surface area contributed by atoms with Crippen molar-refractivity contribution in [2.45, 2.75) is 38.9 Å². The molecule has 9 heteroatoms. The van der Waals surface area contributed by atoms with E-state index in [-0.39, 0.29) is 17.0 Å². The predicted molar refractivity (Wildman–Crippen MR) is 76.5 cm³/mol. The SMILES string of the molecule is COc1ncc([N+](=O)[O-])cc1B(O)OC(C)(C)C(C)(C)O. The Hall–Kier alpha value is -1.71. The van der Waals surface area contributed by atoms with Crippen LogP contribution in [-0.2, 0) is 4.65 Å². The van der Waals surface area contributed by atoms with Gasteiger partial charge in [-0.15, -0.1) is 0 Å². The first-order chi connectivity index (χ1) is 9.49. The lowest BCUT2D eigenvalue weighted by Gasteiger charge is -2.38. The molecule has 0 aromatic carbocycles. The van der Waals surface area contributed by atoms with Crippen molar-refractivity contribution in [3.8, 4) is 5.88 Å². The first kappa shape index (κ1) is 17.3. The second kappa shape index (κ2) is 5.96. The van der Waals surface area contributed by atoms with E-state index < -0.39 is 23.2 Å². The van der Waals surface area contributed by atoms with Crippen LogP contribution in [0.3, 0.4) is 0 Å². The van der Waals surface area contributed by atoms with Gasteiger partial charge in [0.15, 0.2) is 0 Å². The van der Waals surface area contributed by atoms with Crippen LogP contribution in [0.1, 0.15) is 27.7 Å². The van der Waals surface area contributed by atoms with E-state index in [2.05, 4.69) is 4.98 Å². The zero-order valence-electron chi connectivity index (χ0n) is 12.7. The van der Waals surface area contributed by atoms with E-state index in [0.717, 1.165) is 12.3 Å². The molecule has 0 fully saturated rings. The molecule has 0 spiro atoms. The maximum absolute atomic E-state index is 10.8. The second-order valence-electron chi connectivity index (χ2n) is 5.59. The molecule has 0 atom stereocenters. The molecule has 0 amide bonds. The van der Waals surface area contributed by atoms with Crippen LogP contribution in [0.25, 0.3) is 0 Å². The van der Waals surface area contributed by atoms with E-state index in [9.17, 15) is 20.2 Å². The monoisotopic (exact) mass is 298 g/mol. The molecule has 0 aliphatic carbocycles. The summed E-state index contributed by atoms with van der Waals surface area (Å²) in [5.41, 5.74) is -2.63. The lowest BCUT2D eigenvalue weighted by atomic mass is 9.77. The van der Waals surface area contributed by atoms with Crippen LogP contribution in [-0.4, -0.2) is 45.5 Å². The minimum atomic E-state index is -1.53. The van der Waals surface area contributed by atoms with Crippen molar-refractivity contribution in [3.05, 3.63) is 22.4 Å². The minimum absolute atomic E-state index is 0.0136. The third kappa shape index (κ3) is 3.90. The predicted octanol–water partition coefficient (Wildman–Crippen LogP) is 0.252. The van der Waals surface area contributed by atoms with E-state index in [1.807, 2.05) is 0 Å². The van der Waals surface area contributed by atoms with Gasteiger partial charge in [0.05, 0.1) is 28.7 Å². The number of rotatable bonds is 6. The first-order valence-corrected chi connectivity index (χ1v) is 6.26. The summed E-state index contributed by atoms with van der Waals surface area (Å²) in [5, 5.41) is 31.0. The third-order valence-electron chi connectivity index (χ3n) is 3.41. The molecule has 2 N–H and O–H groups in total. The second-order valence-corrected chi connectivity index (χ2v) is 5.59. The van der Waals surface area contributed by atoms with Gasteiger partial charge in [0.2, 0.25) is 5.88 Å². The molecule has 0 aliphatic heterocycles. The molecule has 21 heavy (non-hydrogen) atoms. The van der Waals surface area contributed by atoms with Gasteiger partial charge in [-0.25, -0.2) is 4.98 Å². The largest absolute Gasteiger partial charge is 0.497 e. The van der Waals surface area contributed by atoms with Crippen molar-refractivity contribution in [3.63, 3.8) is 0 Å². The molecule has 0 saturated heterocycles. The van der Waals surface area contributed by atoms with E-state index in [1.54, 1.807) is 13.8 Å². The third-order valence-corrected chi connectivity index (χ3v) is 3.41. The van der Waals surface area contributed by atoms with Crippen LogP contribution in [0, 0.1) is 10.1 Å². The van der Waals surface area contributed by atoms with Crippen molar-refractivity contribution in [2.24, 2.45) is 0 Å². The highest BCUT2D eigenvalue weighted by Gasteiger charge is 2.40. The first-order valence-electron chi connectivity index (χ1n) is 6.26. The Labute approximate surface area is 123 Å². The molecule has 0 bridgehead atoms. The Morgan fingerprint density at radius 1 is 1.38 bits per heavy atom. The molecule has 8 nitrogen and oxygen atoms in total. The van der Waals surface area contributed by atoms with Gasteiger partial charge in [0.1, 0.15) is 6.20 Å². The van der Waals surface area contributed by atoms with E-state index in [4.69, 9.17) is 9.39 Å². The van der Waals surface area contributed by atoms with Gasteiger partial charge in [0, 0.05) is 6.07 Å². The van der Waals surface area contributed by atoms with Crippen LogP contribution in [0.2, 0.25) is 0 Å². The number of aliphatic hydroxyl groups is 1. The fourth-order valence-corrected chi connectivity index (χ4v) is 1.39. The number of aromatic nitrogens is 1. The number of pyridine rings is 1. The molecule has 1 heterocycles. The Bertz CT molecular complexity index is 529. The van der Waals surface area contributed by atoms with Gasteiger partial charge in [-0.2, -0.15) is 0 Å². The summed E-state index contributed by atoms with van der Waals surface area (Å²) in [6.45, 7) is 6.24. The summed E-state index contributed by atoms with van der Waals surface area (Å²) in [4.78, 5) is 13.9. The highest BCUT2D eigenvalue weighted by atomic mass is 16.6. The average Bonchev–Trinajstić information content (AvgIpc) is 2.35. The van der Waals surface area contributed by atoms with Crippen molar-refractivity contribution >= 4 is 18.3 Å². The zero-order valence-corrected chi connectivity index (χ0v) is 12.7. The number of nitro groups is 1. The Balaban J connectivity index is 3.14. The van der Waals surface area contributed by atoms with Gasteiger partial charge in [-0.3, -0.25) is 10.1 Å². The number of nitrogens with zero attached hydrogens (tertiary/aromatic N) is 2. The molecule has 0 unspecified atom stereocenters. The molecular weight excluding hydrogens is 279 g/mol. The van der Waals surface area contributed by atoms with E-state index in [0.29, 0.717) is 0 Å². The molecule has 0 aliphatic rings. The highest BCUT2D eigenvalue weighted by Crippen LogP contribution is 2.26. The Kier molecular flexibility index (Phi) is 4.93. The fourth-order valence-electron chi connectivity index (χ4n) is 1.39. The summed E-state index contributed by atoms with van der Waals surface area (Å²) in [6, 6.07) is 1.12. The van der Waals surface area contributed by atoms with Crippen LogP contribution < -0.4 is 10.2 Å². The average molecular weight is 298 g/mol. The molecule has 1 rings (SSSR count). The zero-order chi connectivity index (χ0) is 16.4. The number of methoxy groups -OCH3 is 1. The standard InChI is InChI=1S/C12H19BN2O6/c1-11(2,16)12(3,4)21-13(17)9-6-8(15(18)19)7-14-10(9)20-5/h6-7,16-17H,1-5H3. The fraction of sp³-hybridized carbons (Fsp3) is 0.583. The van der Waals surface area contributed by atoms with Gasteiger partial charge in [0.25, 0.3) is 5.69 Å². The molecule has 1 aromatic rings. The van der Waals surface area contributed by atoms with Crippen LogP contribution >= 0.6 is 0 Å². The smallest absolute Gasteiger partial charge is 0.481 e. The van der Waals surface area contributed by atoms with Gasteiger partial charge >= 0.3 is 7.12 Å². The molecule has 0 saturated carbocycles. The van der Waals surface area contributed by atoms with E-state index >= 15 is 0 Å². The summed E-state index contributed by atoms with van der Waals surface area (Å²) >= 11 is 0. The van der Waals surface area contributed by atoms with Crippen LogP contribution in [0.5, 0.6) is 5.88 Å². The van der Waals surface area contributed by atoms with Crippen LogP contribution in [0.15, 0.2) is 12.3 Å². The summed E-state index contributed by atoms with van der Waals surface area (Å²) in [6.07, 6.45) is 1.02. The minimum Gasteiger partial charge on any atom is -0.481 e. The number of ether oxygens (including phenoxy) is 1. The summed E-state index contributed by atoms with van der Waals surface area (Å²) in [5.74, 6) is 0.0136. The molecule has 0 radical (unpaired) electrons. The summed E-state index contributed by atoms with van der Waals surface area (Å²) < 4.78 is 10.4. The van der Waals surface area contributed by atoms with E-state index in [1.165, 1.54) is 21.0 Å². The molecule has 116 valence electrons. The topological polar surface area (TPSA) is 115 Å².